The molecule has 0 amide bonds. The van der Waals surface area contributed by atoms with Crippen LogP contribution in [-0.4, -0.2) is 0 Å². The van der Waals surface area contributed by atoms with Crippen LogP contribution >= 0.6 is 0 Å². The molecule has 0 saturated carbocycles. The van der Waals surface area contributed by atoms with E-state index < -0.39 is 0 Å². The molecule has 0 spiro atoms. The average molecular weight is 132 g/mol. The molecule has 1 aromatic rings. The van der Waals surface area contributed by atoms with Gasteiger partial charge in [-0.3, -0.25) is 10.8 Å². The van der Waals surface area contributed by atoms with E-state index in [2.05, 4.69) is 0 Å². The van der Waals surface area contributed by atoms with Crippen molar-refractivity contribution in [1.82, 2.24) is 0 Å². The third-order valence-electron chi connectivity index (χ3n) is 1.15. The third-order valence-corrected chi connectivity index (χ3v) is 1.15. The molecule has 0 aliphatic rings. The lowest BCUT2D eigenvalue weighted by molar-refractivity contribution is 1.14. The molecule has 0 fully saturated rings. The zero-order valence-electron chi connectivity index (χ0n) is 5.46. The van der Waals surface area contributed by atoms with Crippen LogP contribution in [0.3, 0.4) is 0 Å². The minimum atomic E-state index is 0.251. The van der Waals surface area contributed by atoms with Crippen LogP contribution in [-0.2, 0) is 0 Å². The first-order valence-corrected chi connectivity index (χ1v) is 2.99. The van der Waals surface area contributed by atoms with Gasteiger partial charge in [0.25, 0.3) is 0 Å². The van der Waals surface area contributed by atoms with Gasteiger partial charge in [-0.2, -0.15) is 0 Å². The van der Waals surface area contributed by atoms with Gasteiger partial charge in [-0.15, -0.1) is 0 Å². The zero-order valence-corrected chi connectivity index (χ0v) is 5.46. The topological polar surface area (TPSA) is 47.7 Å². The fraction of sp³-hybridized carbons (Fsp3) is 0. The summed E-state index contributed by atoms with van der Waals surface area (Å²) in [6, 6.07) is 10.4. The van der Waals surface area contributed by atoms with Crippen molar-refractivity contribution in [2.24, 2.45) is 0 Å². The summed E-state index contributed by atoms with van der Waals surface area (Å²) in [7, 11) is 0. The molecule has 0 aromatic heterocycles. The Morgan fingerprint density at radius 1 is 0.700 bits per heavy atom. The number of nitrogens with one attached hydrogen (secondary N) is 2. The van der Waals surface area contributed by atoms with Crippen LogP contribution < -0.4 is 10.7 Å². The van der Waals surface area contributed by atoms with E-state index >= 15 is 0 Å². The lowest BCUT2D eigenvalue weighted by Gasteiger charge is -1.75. The third kappa shape index (κ3) is 1.52. The molecular weight excluding hydrogens is 124 g/mol. The normalized spacial score (nSPS) is 8.80. The van der Waals surface area contributed by atoms with Gasteiger partial charge in [0.2, 0.25) is 0 Å². The van der Waals surface area contributed by atoms with E-state index in [1.807, 2.05) is 12.1 Å². The maximum atomic E-state index is 7.24. The Balaban J connectivity index is 3.52. The van der Waals surface area contributed by atoms with Gasteiger partial charge in [0, 0.05) is 0 Å². The number of rotatable bonds is 0. The second-order valence-corrected chi connectivity index (χ2v) is 1.93. The molecule has 0 aliphatic heterocycles. The van der Waals surface area contributed by atoms with Crippen LogP contribution in [0.5, 0.6) is 0 Å². The molecule has 0 heterocycles. The quantitative estimate of drug-likeness (QED) is 0.520. The van der Waals surface area contributed by atoms with E-state index in [1.165, 1.54) is 0 Å². The van der Waals surface area contributed by atoms with Crippen molar-refractivity contribution in [1.29, 1.82) is 10.8 Å². The summed E-state index contributed by atoms with van der Waals surface area (Å²) in [5.74, 6) is 0. The summed E-state index contributed by atoms with van der Waals surface area (Å²) in [5, 5.41) is 15.0. The van der Waals surface area contributed by atoms with E-state index in [1.54, 1.807) is 24.3 Å². The first-order chi connectivity index (χ1) is 4.80. The second-order valence-electron chi connectivity index (χ2n) is 1.93. The molecular formula is C8H8N2. The van der Waals surface area contributed by atoms with E-state index in [4.69, 9.17) is 10.8 Å². The predicted molar refractivity (Wildman–Crippen MR) is 38.2 cm³/mol. The highest BCUT2D eigenvalue weighted by molar-refractivity contribution is 4.97. The fourth-order valence-corrected chi connectivity index (χ4v) is 0.611. The van der Waals surface area contributed by atoms with Gasteiger partial charge in [-0.25, -0.2) is 0 Å². The molecule has 50 valence electrons. The molecule has 0 bridgehead atoms. The Kier molecular flexibility index (Phi) is 1.95. The van der Waals surface area contributed by atoms with Crippen molar-refractivity contribution in [3.63, 3.8) is 0 Å². The first-order valence-electron chi connectivity index (χ1n) is 2.99. The lowest BCUT2D eigenvalue weighted by atomic mass is 10.3. The summed E-state index contributed by atoms with van der Waals surface area (Å²) >= 11 is 0. The molecule has 0 aliphatic carbocycles. The largest absolute Gasteiger partial charge is 0.299 e. The zero-order chi connectivity index (χ0) is 7.40. The smallest absolute Gasteiger partial charge is 0.0789 e. The summed E-state index contributed by atoms with van der Waals surface area (Å²) in [4.78, 5) is 0. The highest BCUT2D eigenvalue weighted by Crippen LogP contribution is 1.71. The molecule has 0 saturated heterocycles. The van der Waals surface area contributed by atoms with Gasteiger partial charge in [0.05, 0.1) is 10.7 Å². The van der Waals surface area contributed by atoms with Gasteiger partial charge in [0.15, 0.2) is 0 Å². The Labute approximate surface area is 58.8 Å². The van der Waals surface area contributed by atoms with Crippen molar-refractivity contribution >= 4 is 0 Å². The van der Waals surface area contributed by atoms with Crippen LogP contribution in [0.2, 0.25) is 0 Å². The van der Waals surface area contributed by atoms with Crippen LogP contribution in [0.4, 0.5) is 0 Å². The molecule has 2 heteroatoms. The predicted octanol–water partition coefficient (Wildman–Crippen LogP) is 0.646. The molecule has 1 rings (SSSR count). The van der Waals surface area contributed by atoms with Gasteiger partial charge >= 0.3 is 0 Å². The second kappa shape index (κ2) is 2.92. The Bertz CT molecular complexity index is 296. The summed E-state index contributed by atoms with van der Waals surface area (Å²) in [6.07, 6.45) is 0. The molecule has 10 heavy (non-hydrogen) atoms. The van der Waals surface area contributed by atoms with E-state index in [-0.39, 0.29) is 10.7 Å². The SMILES string of the molecule is N=c1ccccccc1=N. The van der Waals surface area contributed by atoms with Crippen molar-refractivity contribution in [2.45, 2.75) is 0 Å². The fourth-order valence-electron chi connectivity index (χ4n) is 0.611. The van der Waals surface area contributed by atoms with Gasteiger partial charge < -0.3 is 0 Å². The highest BCUT2D eigenvalue weighted by atomic mass is 14.4. The van der Waals surface area contributed by atoms with Crippen LogP contribution in [0.1, 0.15) is 0 Å². The minimum Gasteiger partial charge on any atom is -0.299 e. The first kappa shape index (κ1) is 6.68. The van der Waals surface area contributed by atoms with E-state index in [9.17, 15) is 0 Å². The Hall–Kier alpha value is -1.44. The van der Waals surface area contributed by atoms with Crippen molar-refractivity contribution in [2.75, 3.05) is 0 Å². The molecule has 0 unspecified atom stereocenters. The van der Waals surface area contributed by atoms with E-state index in [0.717, 1.165) is 0 Å². The highest BCUT2D eigenvalue weighted by Gasteiger charge is 1.73. The van der Waals surface area contributed by atoms with Gasteiger partial charge in [0.1, 0.15) is 0 Å². The molecule has 0 atom stereocenters. The average Bonchev–Trinajstić information content (AvgIpc) is 1.92. The molecule has 1 aromatic carbocycles. The van der Waals surface area contributed by atoms with Crippen LogP contribution in [0.15, 0.2) is 36.4 Å². The molecule has 0 radical (unpaired) electrons. The van der Waals surface area contributed by atoms with Crippen LogP contribution in [0, 0.1) is 10.8 Å². The lowest BCUT2D eigenvalue weighted by Crippen LogP contribution is -2.19. The van der Waals surface area contributed by atoms with Gasteiger partial charge in [-0.1, -0.05) is 24.3 Å². The number of hydrogen-bond donors (Lipinski definition) is 2. The van der Waals surface area contributed by atoms with E-state index in [0.29, 0.717) is 0 Å². The van der Waals surface area contributed by atoms with Crippen molar-refractivity contribution in [3.05, 3.63) is 47.1 Å². The number of hydrogen-bond acceptors (Lipinski definition) is 2. The molecule has 2 N–H and O–H groups in total. The molecule has 2 nitrogen and oxygen atoms in total. The van der Waals surface area contributed by atoms with Crippen molar-refractivity contribution < 1.29 is 0 Å². The maximum absolute atomic E-state index is 7.24. The minimum absolute atomic E-state index is 0.251. The Morgan fingerprint density at radius 2 is 1.10 bits per heavy atom. The Morgan fingerprint density at radius 3 is 1.50 bits per heavy atom. The van der Waals surface area contributed by atoms with Crippen LogP contribution in [0.25, 0.3) is 0 Å². The standard InChI is InChI=1S/C8H8N2/c9-7-5-3-1-2-4-6-8(7)10/h1-6,9-10H. The maximum Gasteiger partial charge on any atom is 0.0789 e. The monoisotopic (exact) mass is 132 g/mol. The van der Waals surface area contributed by atoms with Gasteiger partial charge in [-0.05, 0) is 12.1 Å². The summed E-state index contributed by atoms with van der Waals surface area (Å²) < 4.78 is 0. The summed E-state index contributed by atoms with van der Waals surface area (Å²) in [6.45, 7) is 0. The van der Waals surface area contributed by atoms with Crippen molar-refractivity contribution in [3.8, 4) is 0 Å². The summed E-state index contributed by atoms with van der Waals surface area (Å²) in [5.41, 5.74) is 0.